The SMILES string of the molecule is O=C(CCCCCBr)c1ccc(OCc2ccccc2)cc1. The highest BCUT2D eigenvalue weighted by Gasteiger charge is 2.05. The third-order valence-corrected chi connectivity index (χ3v) is 4.02. The molecule has 2 rings (SSSR count). The van der Waals surface area contributed by atoms with Gasteiger partial charge in [-0.3, -0.25) is 4.79 Å². The molecule has 0 aliphatic carbocycles. The van der Waals surface area contributed by atoms with Crippen molar-refractivity contribution in [2.45, 2.75) is 32.3 Å². The topological polar surface area (TPSA) is 26.3 Å². The quantitative estimate of drug-likeness (QED) is 0.339. The molecular formula is C19H21BrO2. The summed E-state index contributed by atoms with van der Waals surface area (Å²) in [6.07, 6.45) is 3.79. The summed E-state index contributed by atoms with van der Waals surface area (Å²) in [4.78, 5) is 12.0. The fraction of sp³-hybridized carbons (Fsp3) is 0.316. The van der Waals surface area contributed by atoms with E-state index >= 15 is 0 Å². The largest absolute Gasteiger partial charge is 0.489 e. The van der Waals surface area contributed by atoms with Crippen molar-refractivity contribution in [2.24, 2.45) is 0 Å². The molecule has 0 unspecified atom stereocenters. The van der Waals surface area contributed by atoms with Gasteiger partial charge in [-0.2, -0.15) is 0 Å². The first-order valence-electron chi connectivity index (χ1n) is 7.65. The van der Waals surface area contributed by atoms with Gasteiger partial charge in [-0.05, 0) is 42.7 Å². The van der Waals surface area contributed by atoms with Crippen LogP contribution in [0.25, 0.3) is 0 Å². The molecule has 0 atom stereocenters. The van der Waals surface area contributed by atoms with Gasteiger partial charge >= 0.3 is 0 Å². The van der Waals surface area contributed by atoms with E-state index in [-0.39, 0.29) is 5.78 Å². The van der Waals surface area contributed by atoms with E-state index in [4.69, 9.17) is 4.74 Å². The Kier molecular flexibility index (Phi) is 7.17. The van der Waals surface area contributed by atoms with E-state index in [1.54, 1.807) is 0 Å². The molecular weight excluding hydrogens is 340 g/mol. The number of ketones is 1. The van der Waals surface area contributed by atoms with Crippen LogP contribution in [0.4, 0.5) is 0 Å². The molecule has 0 heterocycles. The van der Waals surface area contributed by atoms with Crippen molar-refractivity contribution in [3.8, 4) is 5.75 Å². The first kappa shape index (κ1) is 16.8. The Morgan fingerprint density at radius 1 is 0.909 bits per heavy atom. The molecule has 0 N–H and O–H groups in total. The van der Waals surface area contributed by atoms with Crippen LogP contribution in [0.15, 0.2) is 54.6 Å². The maximum absolute atomic E-state index is 12.0. The Balaban J connectivity index is 1.81. The molecule has 0 bridgehead atoms. The Labute approximate surface area is 140 Å². The second-order valence-corrected chi connectivity index (χ2v) is 6.01. The Morgan fingerprint density at radius 2 is 1.64 bits per heavy atom. The van der Waals surface area contributed by atoms with E-state index < -0.39 is 0 Å². The molecule has 3 heteroatoms. The van der Waals surface area contributed by atoms with Crippen molar-refractivity contribution in [1.29, 1.82) is 0 Å². The van der Waals surface area contributed by atoms with Crippen LogP contribution in [0.2, 0.25) is 0 Å². The van der Waals surface area contributed by atoms with Crippen LogP contribution in [-0.4, -0.2) is 11.1 Å². The van der Waals surface area contributed by atoms with Crippen molar-refractivity contribution in [2.75, 3.05) is 5.33 Å². The summed E-state index contributed by atoms with van der Waals surface area (Å²) >= 11 is 3.40. The first-order chi connectivity index (χ1) is 10.8. The number of halogens is 1. The number of unbranched alkanes of at least 4 members (excludes halogenated alkanes) is 2. The average molecular weight is 361 g/mol. The van der Waals surface area contributed by atoms with Crippen LogP contribution in [0.5, 0.6) is 5.75 Å². The van der Waals surface area contributed by atoms with Crippen LogP contribution in [-0.2, 0) is 6.61 Å². The van der Waals surface area contributed by atoms with E-state index in [2.05, 4.69) is 15.9 Å². The predicted molar refractivity (Wildman–Crippen MR) is 93.8 cm³/mol. The molecule has 2 aromatic rings. The van der Waals surface area contributed by atoms with Crippen molar-refractivity contribution < 1.29 is 9.53 Å². The van der Waals surface area contributed by atoms with Gasteiger partial charge in [-0.25, -0.2) is 0 Å². The molecule has 2 aromatic carbocycles. The number of benzene rings is 2. The molecule has 0 aliphatic rings. The van der Waals surface area contributed by atoms with Crippen LogP contribution >= 0.6 is 15.9 Å². The highest BCUT2D eigenvalue weighted by molar-refractivity contribution is 9.09. The van der Waals surface area contributed by atoms with Crippen LogP contribution in [0, 0.1) is 0 Å². The summed E-state index contributed by atoms with van der Waals surface area (Å²) in [6, 6.07) is 17.5. The molecule has 0 fully saturated rings. The minimum absolute atomic E-state index is 0.212. The molecule has 2 nitrogen and oxygen atoms in total. The fourth-order valence-electron chi connectivity index (χ4n) is 2.18. The van der Waals surface area contributed by atoms with Gasteiger partial charge in [-0.1, -0.05) is 52.7 Å². The number of ether oxygens (including phenoxy) is 1. The summed E-state index contributed by atoms with van der Waals surface area (Å²) in [7, 11) is 0. The summed E-state index contributed by atoms with van der Waals surface area (Å²) < 4.78 is 5.72. The van der Waals surface area contributed by atoms with Gasteiger partial charge in [0.05, 0.1) is 0 Å². The molecule has 0 amide bonds. The summed E-state index contributed by atoms with van der Waals surface area (Å²) in [5.41, 5.74) is 1.90. The average Bonchev–Trinajstić information content (AvgIpc) is 2.58. The third kappa shape index (κ3) is 5.64. The number of hydrogen-bond acceptors (Lipinski definition) is 2. The lowest BCUT2D eigenvalue weighted by atomic mass is 10.0. The van der Waals surface area contributed by atoms with E-state index in [1.165, 1.54) is 0 Å². The second kappa shape index (κ2) is 9.42. The molecule has 0 aliphatic heterocycles. The van der Waals surface area contributed by atoms with Gasteiger partial charge in [0, 0.05) is 17.3 Å². The zero-order chi connectivity index (χ0) is 15.6. The first-order valence-corrected chi connectivity index (χ1v) is 8.77. The van der Waals surface area contributed by atoms with Crippen LogP contribution < -0.4 is 4.74 Å². The lowest BCUT2D eigenvalue weighted by molar-refractivity contribution is 0.0979. The predicted octanol–water partition coefficient (Wildman–Crippen LogP) is 5.40. The standard InChI is InChI=1S/C19H21BrO2/c20-14-6-2-5-9-19(21)17-10-12-18(13-11-17)22-15-16-7-3-1-4-8-16/h1,3-4,7-8,10-13H,2,5-6,9,14-15H2. The zero-order valence-corrected chi connectivity index (χ0v) is 14.2. The molecule has 0 saturated carbocycles. The summed E-state index contributed by atoms with van der Waals surface area (Å²) in [6.45, 7) is 0.542. The molecule has 0 aromatic heterocycles. The molecule has 0 spiro atoms. The molecule has 0 radical (unpaired) electrons. The molecule has 116 valence electrons. The summed E-state index contributed by atoms with van der Waals surface area (Å²) in [5, 5.41) is 1.01. The Morgan fingerprint density at radius 3 is 2.32 bits per heavy atom. The van der Waals surface area contributed by atoms with E-state index in [0.717, 1.165) is 41.5 Å². The van der Waals surface area contributed by atoms with Gasteiger partial charge in [0.2, 0.25) is 0 Å². The lowest BCUT2D eigenvalue weighted by Gasteiger charge is -2.07. The van der Waals surface area contributed by atoms with Gasteiger partial charge in [0.1, 0.15) is 12.4 Å². The number of Topliss-reactive ketones (excluding diaryl/α,β-unsaturated/α-hetero) is 1. The van der Waals surface area contributed by atoms with Crippen LogP contribution in [0.3, 0.4) is 0 Å². The molecule has 22 heavy (non-hydrogen) atoms. The Bertz CT molecular complexity index is 564. The van der Waals surface area contributed by atoms with E-state index in [1.807, 2.05) is 54.6 Å². The maximum Gasteiger partial charge on any atom is 0.162 e. The minimum Gasteiger partial charge on any atom is -0.489 e. The normalized spacial score (nSPS) is 10.4. The highest BCUT2D eigenvalue weighted by atomic mass is 79.9. The van der Waals surface area contributed by atoms with Gasteiger partial charge in [0.25, 0.3) is 0 Å². The highest BCUT2D eigenvalue weighted by Crippen LogP contribution is 2.16. The van der Waals surface area contributed by atoms with Gasteiger partial charge in [0.15, 0.2) is 5.78 Å². The fourth-order valence-corrected chi connectivity index (χ4v) is 2.58. The zero-order valence-electron chi connectivity index (χ0n) is 12.6. The molecule has 0 saturated heterocycles. The third-order valence-electron chi connectivity index (χ3n) is 3.46. The van der Waals surface area contributed by atoms with Crippen molar-refractivity contribution in [1.82, 2.24) is 0 Å². The smallest absolute Gasteiger partial charge is 0.162 e. The lowest BCUT2D eigenvalue weighted by Crippen LogP contribution is -2.00. The van der Waals surface area contributed by atoms with Crippen molar-refractivity contribution in [3.05, 3.63) is 65.7 Å². The number of hydrogen-bond donors (Lipinski definition) is 0. The number of carbonyl (C=O) groups is 1. The van der Waals surface area contributed by atoms with Crippen LogP contribution in [0.1, 0.15) is 41.6 Å². The van der Waals surface area contributed by atoms with Crippen molar-refractivity contribution in [3.63, 3.8) is 0 Å². The second-order valence-electron chi connectivity index (χ2n) is 5.22. The number of alkyl halides is 1. The van der Waals surface area contributed by atoms with Crippen molar-refractivity contribution >= 4 is 21.7 Å². The van der Waals surface area contributed by atoms with E-state index in [0.29, 0.717) is 13.0 Å². The number of rotatable bonds is 9. The monoisotopic (exact) mass is 360 g/mol. The Hall–Kier alpha value is -1.61. The maximum atomic E-state index is 12.0. The number of carbonyl (C=O) groups excluding carboxylic acids is 1. The summed E-state index contributed by atoms with van der Waals surface area (Å²) in [5.74, 6) is 1.00. The van der Waals surface area contributed by atoms with Gasteiger partial charge in [-0.15, -0.1) is 0 Å². The van der Waals surface area contributed by atoms with Gasteiger partial charge < -0.3 is 4.74 Å². The minimum atomic E-state index is 0.212. The van der Waals surface area contributed by atoms with E-state index in [9.17, 15) is 4.79 Å².